The first-order valence-electron chi connectivity index (χ1n) is 6.15. The number of carbonyl (C=O) groups is 3. The van der Waals surface area contributed by atoms with Crippen molar-refractivity contribution in [3.05, 3.63) is 23.8 Å². The molecule has 2 bridgehead atoms. The molecule has 2 heterocycles. The number of rotatable bonds is 2. The third-order valence-corrected chi connectivity index (χ3v) is 3.50. The van der Waals surface area contributed by atoms with Crippen molar-refractivity contribution < 1.29 is 24.2 Å². The van der Waals surface area contributed by atoms with Crippen molar-refractivity contribution in [1.29, 1.82) is 0 Å². The predicted octanol–water partition coefficient (Wildman–Crippen LogP) is 0.388. The average molecular weight is 276 g/mol. The average Bonchev–Trinajstić information content (AvgIpc) is 2.85. The second-order valence-corrected chi connectivity index (χ2v) is 4.78. The maximum Gasteiger partial charge on any atom is 0.337 e. The molecule has 7 heteroatoms. The number of fused-ring (bicyclic) bond motifs is 2. The summed E-state index contributed by atoms with van der Waals surface area (Å²) in [7, 11) is 0. The van der Waals surface area contributed by atoms with Crippen LogP contribution in [0.3, 0.4) is 0 Å². The molecule has 3 N–H and O–H groups in total. The molecule has 2 fully saturated rings. The fourth-order valence-corrected chi connectivity index (χ4v) is 2.55. The summed E-state index contributed by atoms with van der Waals surface area (Å²) < 4.78 is 5.28. The summed E-state index contributed by atoms with van der Waals surface area (Å²) in [5.41, 5.74) is 5.68. The Kier molecular flexibility index (Phi) is 2.72. The minimum absolute atomic E-state index is 0.0434. The quantitative estimate of drug-likeness (QED) is 0.597. The van der Waals surface area contributed by atoms with Gasteiger partial charge in [-0.2, -0.15) is 0 Å². The number of hydrogen-bond acceptors (Lipinski definition) is 5. The van der Waals surface area contributed by atoms with E-state index in [4.69, 9.17) is 10.5 Å². The minimum atomic E-state index is -1.24. The van der Waals surface area contributed by atoms with Crippen molar-refractivity contribution in [3.8, 4) is 0 Å². The largest absolute Gasteiger partial charge is 0.478 e. The van der Waals surface area contributed by atoms with Gasteiger partial charge in [-0.05, 0) is 31.0 Å². The van der Waals surface area contributed by atoms with E-state index in [2.05, 4.69) is 0 Å². The first-order chi connectivity index (χ1) is 9.49. The van der Waals surface area contributed by atoms with Crippen molar-refractivity contribution in [2.24, 2.45) is 0 Å². The van der Waals surface area contributed by atoms with Gasteiger partial charge in [-0.15, -0.1) is 0 Å². The van der Waals surface area contributed by atoms with Gasteiger partial charge in [-0.1, -0.05) is 0 Å². The van der Waals surface area contributed by atoms with Gasteiger partial charge in [0.15, 0.2) is 0 Å². The minimum Gasteiger partial charge on any atom is -0.478 e. The summed E-state index contributed by atoms with van der Waals surface area (Å²) in [5.74, 6) is -2.28. The highest BCUT2D eigenvalue weighted by Gasteiger charge is 2.47. The zero-order valence-corrected chi connectivity index (χ0v) is 10.4. The van der Waals surface area contributed by atoms with E-state index in [1.807, 2.05) is 0 Å². The van der Waals surface area contributed by atoms with Crippen LogP contribution in [0.25, 0.3) is 0 Å². The van der Waals surface area contributed by atoms with Crippen molar-refractivity contribution >= 4 is 29.2 Å². The summed E-state index contributed by atoms with van der Waals surface area (Å²) >= 11 is 0. The van der Waals surface area contributed by atoms with E-state index < -0.39 is 30.0 Å². The Labute approximate surface area is 113 Å². The van der Waals surface area contributed by atoms with E-state index in [0.717, 1.165) is 4.90 Å². The molecule has 1 aromatic carbocycles. The standard InChI is InChI=1S/C13H12N2O5/c14-6-1-2-8(7(5-6)13(18)19)15-11(16)9-3-4-10(20-9)12(15)17/h1-2,5,9-10H,3-4,14H2,(H,18,19). The van der Waals surface area contributed by atoms with Crippen LogP contribution in [0.5, 0.6) is 0 Å². The van der Waals surface area contributed by atoms with E-state index in [9.17, 15) is 19.5 Å². The van der Waals surface area contributed by atoms with Crippen LogP contribution < -0.4 is 10.6 Å². The van der Waals surface area contributed by atoms with Crippen LogP contribution in [0.4, 0.5) is 11.4 Å². The topological polar surface area (TPSA) is 110 Å². The number of benzene rings is 1. The lowest BCUT2D eigenvalue weighted by atomic mass is 10.1. The van der Waals surface area contributed by atoms with Gasteiger partial charge in [0.25, 0.3) is 11.8 Å². The van der Waals surface area contributed by atoms with E-state index in [0.29, 0.717) is 12.8 Å². The smallest absolute Gasteiger partial charge is 0.337 e. The predicted molar refractivity (Wildman–Crippen MR) is 68.2 cm³/mol. The summed E-state index contributed by atoms with van der Waals surface area (Å²) in [6, 6.07) is 4.06. The number of hydrogen-bond donors (Lipinski definition) is 2. The Morgan fingerprint density at radius 1 is 1.25 bits per heavy atom. The lowest BCUT2D eigenvalue weighted by molar-refractivity contribution is -0.146. The molecule has 2 saturated heterocycles. The molecular formula is C13H12N2O5. The van der Waals surface area contributed by atoms with E-state index in [1.54, 1.807) is 0 Å². The van der Waals surface area contributed by atoms with Crippen LogP contribution in [0.15, 0.2) is 18.2 Å². The number of amides is 2. The van der Waals surface area contributed by atoms with E-state index >= 15 is 0 Å². The summed E-state index contributed by atoms with van der Waals surface area (Å²) in [6.45, 7) is 0. The van der Waals surface area contributed by atoms with Gasteiger partial charge in [-0.25, -0.2) is 9.69 Å². The van der Waals surface area contributed by atoms with E-state index in [-0.39, 0.29) is 16.9 Å². The van der Waals surface area contributed by atoms with Gasteiger partial charge in [-0.3, -0.25) is 9.59 Å². The molecule has 2 atom stereocenters. The lowest BCUT2D eigenvalue weighted by Gasteiger charge is -2.30. The highest BCUT2D eigenvalue weighted by molar-refractivity contribution is 6.21. The third kappa shape index (κ3) is 1.75. The highest BCUT2D eigenvalue weighted by Crippen LogP contribution is 2.33. The van der Waals surface area contributed by atoms with Crippen LogP contribution in [0, 0.1) is 0 Å². The maximum atomic E-state index is 12.2. The van der Waals surface area contributed by atoms with Crippen molar-refractivity contribution in [2.45, 2.75) is 25.0 Å². The summed E-state index contributed by atoms with van der Waals surface area (Å²) in [6.07, 6.45) is -0.388. The van der Waals surface area contributed by atoms with Gasteiger partial charge < -0.3 is 15.6 Å². The molecule has 2 amide bonds. The zero-order chi connectivity index (χ0) is 14.4. The number of carbonyl (C=O) groups excluding carboxylic acids is 2. The van der Waals surface area contributed by atoms with Crippen LogP contribution in [-0.2, 0) is 14.3 Å². The van der Waals surface area contributed by atoms with Gasteiger partial charge in [0.1, 0.15) is 12.2 Å². The molecule has 20 heavy (non-hydrogen) atoms. The van der Waals surface area contributed by atoms with Crippen molar-refractivity contribution in [1.82, 2.24) is 0 Å². The summed E-state index contributed by atoms with van der Waals surface area (Å²) in [5, 5.41) is 9.20. The molecule has 1 aromatic rings. The Hall–Kier alpha value is -2.41. The number of ether oxygens (including phenoxy) is 1. The monoisotopic (exact) mass is 276 g/mol. The molecule has 2 aliphatic heterocycles. The van der Waals surface area contributed by atoms with Gasteiger partial charge in [0.2, 0.25) is 0 Å². The normalized spacial score (nSPS) is 25.1. The zero-order valence-electron chi connectivity index (χ0n) is 10.4. The fourth-order valence-electron chi connectivity index (χ4n) is 2.55. The Morgan fingerprint density at radius 2 is 1.85 bits per heavy atom. The van der Waals surface area contributed by atoms with E-state index in [1.165, 1.54) is 18.2 Å². The maximum absolute atomic E-state index is 12.2. The van der Waals surface area contributed by atoms with Crippen LogP contribution >= 0.6 is 0 Å². The summed E-state index contributed by atoms with van der Waals surface area (Å²) in [4.78, 5) is 36.6. The first kappa shape index (κ1) is 12.6. The number of nitrogen functional groups attached to an aromatic ring is 1. The lowest BCUT2D eigenvalue weighted by Crippen LogP contribution is -2.52. The Morgan fingerprint density at radius 3 is 2.40 bits per heavy atom. The number of morpholine rings is 1. The molecule has 0 spiro atoms. The molecule has 104 valence electrons. The number of imide groups is 1. The molecule has 7 nitrogen and oxygen atoms in total. The Balaban J connectivity index is 2.10. The first-order valence-corrected chi connectivity index (χ1v) is 6.15. The Bertz CT molecular complexity index is 605. The molecule has 2 aliphatic rings. The van der Waals surface area contributed by atoms with Crippen LogP contribution in [0.1, 0.15) is 23.2 Å². The van der Waals surface area contributed by atoms with Crippen LogP contribution in [0.2, 0.25) is 0 Å². The molecule has 0 saturated carbocycles. The number of anilines is 2. The highest BCUT2D eigenvalue weighted by atomic mass is 16.5. The molecule has 0 radical (unpaired) electrons. The molecule has 2 unspecified atom stereocenters. The van der Waals surface area contributed by atoms with Crippen LogP contribution in [-0.4, -0.2) is 35.1 Å². The molecule has 3 rings (SSSR count). The SMILES string of the molecule is Nc1ccc(N2C(=O)C3CCC(O3)C2=O)c(C(=O)O)c1. The van der Waals surface area contributed by atoms with Gasteiger partial charge in [0, 0.05) is 5.69 Å². The number of aromatic carboxylic acids is 1. The molecular weight excluding hydrogens is 264 g/mol. The molecule has 0 aliphatic carbocycles. The van der Waals surface area contributed by atoms with Gasteiger partial charge in [0.05, 0.1) is 11.3 Å². The number of carboxylic acid groups (broad SMARTS) is 1. The number of nitrogens with zero attached hydrogens (tertiary/aromatic N) is 1. The fraction of sp³-hybridized carbons (Fsp3) is 0.308. The van der Waals surface area contributed by atoms with Gasteiger partial charge >= 0.3 is 5.97 Å². The van der Waals surface area contributed by atoms with Crippen molar-refractivity contribution in [3.63, 3.8) is 0 Å². The number of carboxylic acids is 1. The second kappa shape index (κ2) is 4.31. The molecule has 0 aromatic heterocycles. The van der Waals surface area contributed by atoms with Crippen molar-refractivity contribution in [2.75, 3.05) is 10.6 Å². The second-order valence-electron chi connectivity index (χ2n) is 4.78. The number of nitrogens with two attached hydrogens (primary N) is 1. The third-order valence-electron chi connectivity index (χ3n) is 3.50.